The number of aromatic nitrogens is 1. The van der Waals surface area contributed by atoms with Gasteiger partial charge in [-0.05, 0) is 37.4 Å². The lowest BCUT2D eigenvalue weighted by Crippen LogP contribution is -2.03. The van der Waals surface area contributed by atoms with Crippen molar-refractivity contribution in [1.29, 1.82) is 0 Å². The molecule has 0 amide bonds. The standard InChI is InChI=1S/C15H18N2OS/c1-3-16-15-10-6-7-12(17-15)11-18-13-8-4-5-9-14(13)19-2/h4-10H,3,11H2,1-2H3,(H,16,17). The second-order valence-corrected chi connectivity index (χ2v) is 4.83. The SMILES string of the molecule is CCNc1cccc(COc2ccccc2SC)n1. The molecule has 1 heterocycles. The fourth-order valence-corrected chi connectivity index (χ4v) is 2.27. The van der Waals surface area contributed by atoms with Crippen molar-refractivity contribution < 1.29 is 4.74 Å². The van der Waals surface area contributed by atoms with Gasteiger partial charge in [0.1, 0.15) is 18.2 Å². The van der Waals surface area contributed by atoms with Crippen LogP contribution in [0.25, 0.3) is 0 Å². The van der Waals surface area contributed by atoms with E-state index in [1.165, 1.54) is 0 Å². The maximum Gasteiger partial charge on any atom is 0.133 e. The van der Waals surface area contributed by atoms with Crippen molar-refractivity contribution >= 4 is 17.6 Å². The fourth-order valence-electron chi connectivity index (χ4n) is 1.73. The fraction of sp³-hybridized carbons (Fsp3) is 0.267. The molecule has 0 aliphatic carbocycles. The van der Waals surface area contributed by atoms with E-state index in [0.29, 0.717) is 6.61 Å². The van der Waals surface area contributed by atoms with Gasteiger partial charge in [-0.3, -0.25) is 0 Å². The molecule has 0 aliphatic rings. The van der Waals surface area contributed by atoms with Crippen LogP contribution in [0.5, 0.6) is 5.75 Å². The van der Waals surface area contributed by atoms with Crippen LogP contribution in [-0.4, -0.2) is 17.8 Å². The summed E-state index contributed by atoms with van der Waals surface area (Å²) in [5, 5.41) is 3.20. The van der Waals surface area contributed by atoms with Crippen molar-refractivity contribution in [2.45, 2.75) is 18.4 Å². The van der Waals surface area contributed by atoms with Crippen LogP contribution >= 0.6 is 11.8 Å². The average Bonchev–Trinajstić information content (AvgIpc) is 2.46. The number of nitrogens with one attached hydrogen (secondary N) is 1. The Labute approximate surface area is 118 Å². The molecule has 100 valence electrons. The molecule has 0 radical (unpaired) electrons. The van der Waals surface area contributed by atoms with E-state index in [9.17, 15) is 0 Å². The molecule has 1 aromatic carbocycles. The van der Waals surface area contributed by atoms with Gasteiger partial charge in [0.2, 0.25) is 0 Å². The minimum Gasteiger partial charge on any atom is -0.486 e. The van der Waals surface area contributed by atoms with E-state index >= 15 is 0 Å². The van der Waals surface area contributed by atoms with Crippen LogP contribution in [0.15, 0.2) is 47.4 Å². The molecule has 0 bridgehead atoms. The molecule has 1 N–H and O–H groups in total. The van der Waals surface area contributed by atoms with E-state index in [1.807, 2.05) is 42.7 Å². The van der Waals surface area contributed by atoms with Crippen LogP contribution in [0, 0.1) is 0 Å². The number of benzene rings is 1. The van der Waals surface area contributed by atoms with Crippen LogP contribution in [0.3, 0.4) is 0 Å². The molecule has 3 nitrogen and oxygen atoms in total. The zero-order valence-corrected chi connectivity index (χ0v) is 12.0. The zero-order chi connectivity index (χ0) is 13.5. The minimum absolute atomic E-state index is 0.483. The minimum atomic E-state index is 0.483. The molecule has 1 aromatic heterocycles. The van der Waals surface area contributed by atoms with Gasteiger partial charge in [-0.25, -0.2) is 4.98 Å². The van der Waals surface area contributed by atoms with Crippen molar-refractivity contribution in [2.75, 3.05) is 18.1 Å². The molecule has 4 heteroatoms. The molecule has 0 saturated heterocycles. The van der Waals surface area contributed by atoms with Crippen molar-refractivity contribution in [3.63, 3.8) is 0 Å². The summed E-state index contributed by atoms with van der Waals surface area (Å²) in [6, 6.07) is 14.0. The second-order valence-electron chi connectivity index (χ2n) is 3.98. The smallest absolute Gasteiger partial charge is 0.133 e. The largest absolute Gasteiger partial charge is 0.486 e. The van der Waals surface area contributed by atoms with E-state index in [-0.39, 0.29) is 0 Å². The molecular weight excluding hydrogens is 256 g/mol. The highest BCUT2D eigenvalue weighted by Gasteiger charge is 2.03. The average molecular weight is 274 g/mol. The Bertz CT molecular complexity index is 531. The Morgan fingerprint density at radius 3 is 2.79 bits per heavy atom. The lowest BCUT2D eigenvalue weighted by Gasteiger charge is -2.10. The van der Waals surface area contributed by atoms with E-state index < -0.39 is 0 Å². The summed E-state index contributed by atoms with van der Waals surface area (Å²) in [5.74, 6) is 1.80. The summed E-state index contributed by atoms with van der Waals surface area (Å²) in [6.07, 6.45) is 2.05. The first kappa shape index (κ1) is 13.7. The number of hydrogen-bond acceptors (Lipinski definition) is 4. The van der Waals surface area contributed by atoms with Crippen LogP contribution in [0.4, 0.5) is 5.82 Å². The Balaban J connectivity index is 2.03. The third-order valence-corrected chi connectivity index (χ3v) is 3.39. The van der Waals surface area contributed by atoms with Gasteiger partial charge < -0.3 is 10.1 Å². The van der Waals surface area contributed by atoms with E-state index in [1.54, 1.807) is 11.8 Å². The lowest BCUT2D eigenvalue weighted by molar-refractivity contribution is 0.294. The number of ether oxygens (including phenoxy) is 1. The molecule has 2 rings (SSSR count). The van der Waals surface area contributed by atoms with Gasteiger partial charge in [-0.1, -0.05) is 18.2 Å². The summed E-state index contributed by atoms with van der Waals surface area (Å²) in [7, 11) is 0. The Kier molecular flexibility index (Phi) is 5.10. The first-order valence-corrected chi connectivity index (χ1v) is 7.51. The van der Waals surface area contributed by atoms with Gasteiger partial charge in [0.15, 0.2) is 0 Å². The highest BCUT2D eigenvalue weighted by Crippen LogP contribution is 2.27. The highest BCUT2D eigenvalue weighted by atomic mass is 32.2. The quantitative estimate of drug-likeness (QED) is 0.812. The molecule has 2 aromatic rings. The molecule has 0 fully saturated rings. The van der Waals surface area contributed by atoms with Gasteiger partial charge in [0.25, 0.3) is 0 Å². The van der Waals surface area contributed by atoms with Gasteiger partial charge in [0, 0.05) is 11.4 Å². The normalized spacial score (nSPS) is 10.2. The lowest BCUT2D eigenvalue weighted by atomic mass is 10.3. The maximum atomic E-state index is 5.84. The van der Waals surface area contributed by atoms with Gasteiger partial charge in [0.05, 0.1) is 5.69 Å². The Morgan fingerprint density at radius 1 is 1.16 bits per heavy atom. The van der Waals surface area contributed by atoms with Crippen molar-refractivity contribution in [3.05, 3.63) is 48.2 Å². The molecule has 0 unspecified atom stereocenters. The van der Waals surface area contributed by atoms with Crippen LogP contribution < -0.4 is 10.1 Å². The summed E-state index contributed by atoms with van der Waals surface area (Å²) >= 11 is 1.68. The van der Waals surface area contributed by atoms with E-state index in [2.05, 4.69) is 23.3 Å². The van der Waals surface area contributed by atoms with Crippen LogP contribution in [-0.2, 0) is 6.61 Å². The zero-order valence-electron chi connectivity index (χ0n) is 11.2. The van der Waals surface area contributed by atoms with Crippen LogP contribution in [0.2, 0.25) is 0 Å². The van der Waals surface area contributed by atoms with Crippen molar-refractivity contribution in [3.8, 4) is 5.75 Å². The summed E-state index contributed by atoms with van der Waals surface area (Å²) in [6.45, 7) is 3.41. The molecule has 0 saturated carbocycles. The summed E-state index contributed by atoms with van der Waals surface area (Å²) in [5.41, 5.74) is 0.925. The monoisotopic (exact) mass is 274 g/mol. The first-order valence-electron chi connectivity index (χ1n) is 6.29. The van der Waals surface area contributed by atoms with E-state index in [4.69, 9.17) is 4.74 Å². The number of thioether (sulfide) groups is 1. The van der Waals surface area contributed by atoms with Crippen LogP contribution in [0.1, 0.15) is 12.6 Å². The number of rotatable bonds is 6. The molecular formula is C15H18N2OS. The number of nitrogens with zero attached hydrogens (tertiary/aromatic N) is 1. The molecule has 0 spiro atoms. The Morgan fingerprint density at radius 2 is 2.00 bits per heavy atom. The number of pyridine rings is 1. The number of anilines is 1. The third kappa shape index (κ3) is 3.89. The van der Waals surface area contributed by atoms with Gasteiger partial charge in [-0.2, -0.15) is 0 Å². The predicted octanol–water partition coefficient (Wildman–Crippen LogP) is 3.81. The third-order valence-electron chi connectivity index (χ3n) is 2.61. The maximum absolute atomic E-state index is 5.84. The topological polar surface area (TPSA) is 34.1 Å². The second kappa shape index (κ2) is 7.04. The van der Waals surface area contributed by atoms with Gasteiger partial charge >= 0.3 is 0 Å². The Hall–Kier alpha value is -1.68. The highest BCUT2D eigenvalue weighted by molar-refractivity contribution is 7.98. The molecule has 19 heavy (non-hydrogen) atoms. The van der Waals surface area contributed by atoms with E-state index in [0.717, 1.165) is 28.7 Å². The molecule has 0 aliphatic heterocycles. The van der Waals surface area contributed by atoms with Crippen molar-refractivity contribution in [1.82, 2.24) is 4.98 Å². The predicted molar refractivity (Wildman–Crippen MR) is 81.0 cm³/mol. The summed E-state index contributed by atoms with van der Waals surface area (Å²) in [4.78, 5) is 5.63. The molecule has 0 atom stereocenters. The summed E-state index contributed by atoms with van der Waals surface area (Å²) < 4.78 is 5.84. The van der Waals surface area contributed by atoms with Gasteiger partial charge in [-0.15, -0.1) is 11.8 Å². The number of hydrogen-bond donors (Lipinski definition) is 1. The number of para-hydroxylation sites is 1. The van der Waals surface area contributed by atoms with Crippen molar-refractivity contribution in [2.24, 2.45) is 0 Å². The first-order chi connectivity index (χ1) is 9.33.